The molecule has 1 fully saturated rings. The van der Waals surface area contributed by atoms with E-state index in [-0.39, 0.29) is 25.0 Å². The zero-order valence-electron chi connectivity index (χ0n) is 16.8. The summed E-state index contributed by atoms with van der Waals surface area (Å²) < 4.78 is 18.3. The van der Waals surface area contributed by atoms with Crippen molar-refractivity contribution in [1.82, 2.24) is 10.2 Å². The minimum atomic E-state index is -1.82. The summed E-state index contributed by atoms with van der Waals surface area (Å²) in [6.07, 6.45) is 2.80. The number of benzene rings is 1. The van der Waals surface area contributed by atoms with E-state index in [0.29, 0.717) is 12.0 Å². The Morgan fingerprint density at radius 1 is 1.45 bits per heavy atom. The number of hydrogen-bond donors (Lipinski definition) is 3. The van der Waals surface area contributed by atoms with E-state index in [2.05, 4.69) is 11.9 Å². The zero-order chi connectivity index (χ0) is 21.6. The first-order valence-electron chi connectivity index (χ1n) is 9.69. The fourth-order valence-electron chi connectivity index (χ4n) is 3.76. The molecule has 0 spiro atoms. The van der Waals surface area contributed by atoms with Crippen LogP contribution in [0.2, 0.25) is 0 Å². The summed E-state index contributed by atoms with van der Waals surface area (Å²) in [7, 11) is -1.82. The molecule has 158 valence electrons. The molecule has 3 atom stereocenters. The molecule has 7 nitrogen and oxygen atoms in total. The lowest BCUT2D eigenvalue weighted by atomic mass is 9.76. The van der Waals surface area contributed by atoms with E-state index in [1.54, 1.807) is 4.90 Å². The minimum absolute atomic E-state index is 0.0281. The first-order valence-corrected chi connectivity index (χ1v) is 9.69. The molecule has 1 saturated heterocycles. The first-order chi connectivity index (χ1) is 13.7. The van der Waals surface area contributed by atoms with Crippen molar-refractivity contribution in [3.63, 3.8) is 0 Å². The summed E-state index contributed by atoms with van der Waals surface area (Å²) in [6, 6.07) is 5.57. The van der Waals surface area contributed by atoms with Gasteiger partial charge in [-0.05, 0) is 56.4 Å². The number of rotatable bonds is 8. The van der Waals surface area contributed by atoms with Gasteiger partial charge in [0.25, 0.3) is 0 Å². The summed E-state index contributed by atoms with van der Waals surface area (Å²) in [6.45, 7) is 7.37. The standard InChI is InChI=1S/C20H28BFN2O5/c1-4-16-10-11-20(3,24(16)18(25)5-2)13-29-19(26)23-17(21(27)28)12-14-6-8-15(22)9-7-14/h5-9,16-17,27-28H,2,4,10-13H2,1,3H3,(H,23,26)/t16?,17-,20?/m0/s1. The number of alkyl carbamates (subject to hydrolysis) is 1. The summed E-state index contributed by atoms with van der Waals surface area (Å²) in [5.74, 6) is -1.64. The Morgan fingerprint density at radius 3 is 2.66 bits per heavy atom. The second-order valence-corrected chi connectivity index (χ2v) is 7.58. The molecule has 2 unspecified atom stereocenters. The van der Waals surface area contributed by atoms with Crippen molar-refractivity contribution in [3.05, 3.63) is 48.3 Å². The monoisotopic (exact) mass is 406 g/mol. The molecule has 0 aromatic heterocycles. The smallest absolute Gasteiger partial charge is 0.447 e. The van der Waals surface area contributed by atoms with Crippen molar-refractivity contribution in [2.45, 2.75) is 57.1 Å². The molecule has 3 N–H and O–H groups in total. The molecule has 1 aromatic carbocycles. The Balaban J connectivity index is 1.98. The Bertz CT molecular complexity index is 730. The van der Waals surface area contributed by atoms with Gasteiger partial charge in [0.1, 0.15) is 12.4 Å². The third kappa shape index (κ3) is 5.80. The van der Waals surface area contributed by atoms with Gasteiger partial charge in [-0.1, -0.05) is 25.6 Å². The molecule has 29 heavy (non-hydrogen) atoms. The van der Waals surface area contributed by atoms with E-state index in [1.807, 2.05) is 13.8 Å². The predicted molar refractivity (Wildman–Crippen MR) is 107 cm³/mol. The van der Waals surface area contributed by atoms with Crippen molar-refractivity contribution >= 4 is 19.1 Å². The van der Waals surface area contributed by atoms with Crippen LogP contribution in [0.25, 0.3) is 0 Å². The van der Waals surface area contributed by atoms with Gasteiger partial charge in [-0.25, -0.2) is 9.18 Å². The number of halogens is 1. The molecule has 1 heterocycles. The third-order valence-corrected chi connectivity index (χ3v) is 5.39. The number of hydrogen-bond acceptors (Lipinski definition) is 5. The van der Waals surface area contributed by atoms with Gasteiger partial charge in [-0.3, -0.25) is 4.79 Å². The quantitative estimate of drug-likeness (QED) is 0.452. The molecule has 9 heteroatoms. The van der Waals surface area contributed by atoms with Crippen molar-refractivity contribution in [1.29, 1.82) is 0 Å². The molecule has 1 aromatic rings. The van der Waals surface area contributed by atoms with Crippen LogP contribution in [0.1, 0.15) is 38.7 Å². The van der Waals surface area contributed by atoms with E-state index in [4.69, 9.17) is 4.74 Å². The lowest BCUT2D eigenvalue weighted by molar-refractivity contribution is -0.133. The minimum Gasteiger partial charge on any atom is -0.447 e. The number of nitrogens with one attached hydrogen (secondary N) is 1. The third-order valence-electron chi connectivity index (χ3n) is 5.39. The topological polar surface area (TPSA) is 99.1 Å². The van der Waals surface area contributed by atoms with E-state index in [0.717, 1.165) is 12.8 Å². The average Bonchev–Trinajstić information content (AvgIpc) is 3.03. The summed E-state index contributed by atoms with van der Waals surface area (Å²) >= 11 is 0. The molecular weight excluding hydrogens is 378 g/mol. The van der Waals surface area contributed by atoms with E-state index < -0.39 is 30.5 Å². The Hall–Kier alpha value is -2.39. The molecule has 0 aliphatic carbocycles. The van der Waals surface area contributed by atoms with Crippen LogP contribution >= 0.6 is 0 Å². The highest BCUT2D eigenvalue weighted by Gasteiger charge is 2.45. The maximum absolute atomic E-state index is 13.0. The van der Waals surface area contributed by atoms with Gasteiger partial charge in [0.2, 0.25) is 5.91 Å². The molecule has 0 saturated carbocycles. The maximum Gasteiger partial charge on any atom is 0.475 e. The second-order valence-electron chi connectivity index (χ2n) is 7.58. The summed E-state index contributed by atoms with van der Waals surface area (Å²) in [5, 5.41) is 21.6. The normalized spacial score (nSPS) is 22.1. The number of likely N-dealkylation sites (tertiary alicyclic amines) is 1. The van der Waals surface area contributed by atoms with Gasteiger partial charge in [0.05, 0.1) is 11.5 Å². The number of amides is 2. The molecule has 1 aliphatic heterocycles. The first kappa shape index (κ1) is 22.9. The van der Waals surface area contributed by atoms with Crippen molar-refractivity contribution in [2.75, 3.05) is 6.61 Å². The van der Waals surface area contributed by atoms with Gasteiger partial charge in [0, 0.05) is 6.04 Å². The van der Waals surface area contributed by atoms with Crippen LogP contribution in [0.5, 0.6) is 0 Å². The fraction of sp³-hybridized carbons (Fsp3) is 0.500. The second kappa shape index (κ2) is 9.89. The largest absolute Gasteiger partial charge is 0.475 e. The maximum atomic E-state index is 13.0. The Labute approximate surface area is 170 Å². The van der Waals surface area contributed by atoms with Crippen molar-refractivity contribution in [3.8, 4) is 0 Å². The van der Waals surface area contributed by atoms with E-state index >= 15 is 0 Å². The summed E-state index contributed by atoms with van der Waals surface area (Å²) in [5.41, 5.74) is -0.0331. The zero-order valence-corrected chi connectivity index (χ0v) is 16.8. The number of nitrogens with zero attached hydrogens (tertiary/aromatic N) is 1. The Morgan fingerprint density at radius 2 is 2.10 bits per heavy atom. The van der Waals surface area contributed by atoms with Crippen LogP contribution in [0.15, 0.2) is 36.9 Å². The molecule has 1 aliphatic rings. The van der Waals surface area contributed by atoms with Crippen molar-refractivity contribution in [2.24, 2.45) is 0 Å². The lowest BCUT2D eigenvalue weighted by Crippen LogP contribution is -2.53. The van der Waals surface area contributed by atoms with Crippen LogP contribution in [-0.2, 0) is 16.0 Å². The number of ether oxygens (including phenoxy) is 1. The molecule has 0 radical (unpaired) electrons. The fourth-order valence-corrected chi connectivity index (χ4v) is 3.76. The molecule has 2 rings (SSSR count). The van der Waals surface area contributed by atoms with Gasteiger partial charge in [0.15, 0.2) is 0 Å². The average molecular weight is 406 g/mol. The van der Waals surface area contributed by atoms with E-state index in [9.17, 15) is 24.0 Å². The highest BCUT2D eigenvalue weighted by Crippen LogP contribution is 2.35. The molecular formula is C20H28BFN2O5. The SMILES string of the molecule is C=CC(=O)N1C(CC)CCC1(C)COC(=O)N[C@@H](Cc1ccc(F)cc1)B(O)O. The van der Waals surface area contributed by atoms with Gasteiger partial charge >= 0.3 is 13.2 Å². The van der Waals surface area contributed by atoms with Gasteiger partial charge < -0.3 is 25.0 Å². The predicted octanol–water partition coefficient (Wildman–Crippen LogP) is 1.82. The van der Waals surface area contributed by atoms with Crippen LogP contribution in [0.4, 0.5) is 9.18 Å². The molecule has 2 amide bonds. The van der Waals surface area contributed by atoms with Gasteiger partial charge in [-0.2, -0.15) is 0 Å². The van der Waals surface area contributed by atoms with Crippen LogP contribution in [0.3, 0.4) is 0 Å². The number of carbonyl (C=O) groups is 2. The van der Waals surface area contributed by atoms with Crippen molar-refractivity contribution < 1.29 is 28.8 Å². The number of carbonyl (C=O) groups excluding carboxylic acids is 2. The van der Waals surface area contributed by atoms with Crippen LogP contribution in [-0.4, -0.2) is 58.2 Å². The lowest BCUT2D eigenvalue weighted by Gasteiger charge is -2.37. The Kier molecular flexibility index (Phi) is 7.81. The van der Waals surface area contributed by atoms with E-state index in [1.165, 1.54) is 30.3 Å². The highest BCUT2D eigenvalue weighted by atomic mass is 19.1. The molecule has 0 bridgehead atoms. The van der Waals surface area contributed by atoms with Crippen LogP contribution in [0, 0.1) is 5.82 Å². The van der Waals surface area contributed by atoms with Crippen LogP contribution < -0.4 is 5.32 Å². The highest BCUT2D eigenvalue weighted by molar-refractivity contribution is 6.43. The van der Waals surface area contributed by atoms with Gasteiger partial charge in [-0.15, -0.1) is 0 Å². The summed E-state index contributed by atoms with van der Waals surface area (Å²) in [4.78, 5) is 26.3.